The van der Waals surface area contributed by atoms with E-state index in [1.54, 1.807) is 0 Å². The van der Waals surface area contributed by atoms with Gasteiger partial charge in [0.15, 0.2) is 0 Å². The number of carbonyl (C=O) groups excluding carboxylic acids is 1. The number of esters is 1. The van der Waals surface area contributed by atoms with Gasteiger partial charge in [-0.2, -0.15) is 0 Å². The maximum absolute atomic E-state index is 12.2. The van der Waals surface area contributed by atoms with E-state index in [4.69, 9.17) is 4.74 Å². The Kier molecular flexibility index (Phi) is 4.03. The molecule has 4 heteroatoms. The molecule has 0 N–H and O–H groups in total. The number of methoxy groups -OCH3 is 1. The number of rotatable bonds is 3. The first kappa shape index (κ1) is 14.0. The van der Waals surface area contributed by atoms with Crippen LogP contribution in [0, 0.1) is 5.92 Å². The summed E-state index contributed by atoms with van der Waals surface area (Å²) >= 11 is 1.84. The monoisotopic (exact) mass is 291 g/mol. The standard InChI is InChI=1S/C16H21NO2S/c1-17-11-8-9-13(17)15(16(18)19-2)14(10-11)20-12-6-4-3-5-7-12/h3-7,11,13-15H,8-10H2,1-2H3/t11?,13?,14-,15-/m1/s1. The molecule has 3 rings (SSSR count). The molecule has 2 fully saturated rings. The van der Waals surface area contributed by atoms with Crippen molar-refractivity contribution in [1.29, 1.82) is 0 Å². The summed E-state index contributed by atoms with van der Waals surface area (Å²) < 4.78 is 5.08. The zero-order chi connectivity index (χ0) is 14.1. The van der Waals surface area contributed by atoms with E-state index in [1.165, 1.54) is 18.4 Å². The third-order valence-electron chi connectivity index (χ3n) is 4.72. The van der Waals surface area contributed by atoms with Crippen LogP contribution in [0.5, 0.6) is 0 Å². The van der Waals surface area contributed by atoms with E-state index in [0.29, 0.717) is 17.3 Å². The average molecular weight is 291 g/mol. The Morgan fingerprint density at radius 2 is 2.05 bits per heavy atom. The van der Waals surface area contributed by atoms with Gasteiger partial charge < -0.3 is 4.74 Å². The van der Waals surface area contributed by atoms with E-state index in [9.17, 15) is 4.79 Å². The summed E-state index contributed by atoms with van der Waals surface area (Å²) in [5, 5.41) is 0.332. The van der Waals surface area contributed by atoms with Crippen LogP contribution in [0.25, 0.3) is 0 Å². The van der Waals surface area contributed by atoms with Gasteiger partial charge in [0.25, 0.3) is 0 Å². The van der Waals surface area contributed by atoms with Crippen molar-refractivity contribution in [2.45, 2.75) is 41.5 Å². The van der Waals surface area contributed by atoms with Crippen molar-refractivity contribution in [2.24, 2.45) is 5.92 Å². The van der Waals surface area contributed by atoms with Crippen molar-refractivity contribution < 1.29 is 9.53 Å². The molecule has 0 saturated carbocycles. The van der Waals surface area contributed by atoms with Gasteiger partial charge >= 0.3 is 5.97 Å². The third-order valence-corrected chi connectivity index (χ3v) is 6.05. The molecule has 2 heterocycles. The van der Waals surface area contributed by atoms with Crippen LogP contribution in [-0.2, 0) is 9.53 Å². The highest BCUT2D eigenvalue weighted by atomic mass is 32.2. The number of hydrogen-bond acceptors (Lipinski definition) is 4. The van der Waals surface area contributed by atoms with Crippen LogP contribution in [0.3, 0.4) is 0 Å². The van der Waals surface area contributed by atoms with Gasteiger partial charge in [-0.25, -0.2) is 0 Å². The zero-order valence-electron chi connectivity index (χ0n) is 12.0. The highest BCUT2D eigenvalue weighted by Gasteiger charge is 2.49. The number of nitrogens with zero attached hydrogens (tertiary/aromatic N) is 1. The molecule has 1 aromatic rings. The normalized spacial score (nSPS) is 33.1. The van der Waals surface area contributed by atoms with Crippen molar-refractivity contribution in [2.75, 3.05) is 14.2 Å². The molecule has 0 aliphatic carbocycles. The Morgan fingerprint density at radius 1 is 1.30 bits per heavy atom. The molecule has 0 aromatic heterocycles. The third kappa shape index (κ3) is 2.47. The van der Waals surface area contributed by atoms with E-state index in [-0.39, 0.29) is 11.9 Å². The summed E-state index contributed by atoms with van der Waals surface area (Å²) in [6.45, 7) is 0. The number of hydrogen-bond donors (Lipinski definition) is 0. The fourth-order valence-corrected chi connectivity index (χ4v) is 5.08. The number of carbonyl (C=O) groups is 1. The van der Waals surface area contributed by atoms with Gasteiger partial charge in [-0.05, 0) is 38.4 Å². The predicted octanol–water partition coefficient (Wildman–Crippen LogP) is 2.80. The lowest BCUT2D eigenvalue weighted by Gasteiger charge is -2.41. The summed E-state index contributed by atoms with van der Waals surface area (Å²) in [6.07, 6.45) is 3.40. The van der Waals surface area contributed by atoms with Crippen molar-refractivity contribution in [3.8, 4) is 0 Å². The van der Waals surface area contributed by atoms with E-state index < -0.39 is 0 Å². The predicted molar refractivity (Wildman–Crippen MR) is 80.8 cm³/mol. The Morgan fingerprint density at radius 3 is 2.75 bits per heavy atom. The van der Waals surface area contributed by atoms with Crippen LogP contribution < -0.4 is 0 Å². The van der Waals surface area contributed by atoms with Crippen molar-refractivity contribution in [3.63, 3.8) is 0 Å². The first-order chi connectivity index (χ1) is 9.70. The number of thioether (sulfide) groups is 1. The molecule has 4 atom stereocenters. The topological polar surface area (TPSA) is 29.5 Å². The number of piperidine rings is 1. The second kappa shape index (κ2) is 5.78. The van der Waals surface area contributed by atoms with Crippen LogP contribution >= 0.6 is 11.8 Å². The summed E-state index contributed by atoms with van der Waals surface area (Å²) in [5.41, 5.74) is 0. The van der Waals surface area contributed by atoms with Gasteiger partial charge in [0.05, 0.1) is 13.0 Å². The lowest BCUT2D eigenvalue weighted by Crippen LogP contribution is -2.51. The molecule has 20 heavy (non-hydrogen) atoms. The SMILES string of the molecule is COC(=O)[C@@H]1C2CCC(C[C@H]1Sc1ccccc1)N2C. The molecule has 1 aromatic carbocycles. The maximum atomic E-state index is 12.2. The Labute approximate surface area is 124 Å². The Balaban J connectivity index is 1.82. The van der Waals surface area contributed by atoms with Gasteiger partial charge in [0.2, 0.25) is 0 Å². The lowest BCUT2D eigenvalue weighted by molar-refractivity contribution is -0.148. The van der Waals surface area contributed by atoms with Gasteiger partial charge in [-0.15, -0.1) is 11.8 Å². The molecule has 2 aliphatic heterocycles. The number of benzene rings is 1. The quantitative estimate of drug-likeness (QED) is 0.801. The molecule has 2 bridgehead atoms. The van der Waals surface area contributed by atoms with Crippen molar-refractivity contribution in [1.82, 2.24) is 4.90 Å². The van der Waals surface area contributed by atoms with Crippen LogP contribution in [0.2, 0.25) is 0 Å². The molecular weight excluding hydrogens is 270 g/mol. The highest BCUT2D eigenvalue weighted by Crippen LogP contribution is 2.45. The first-order valence-electron chi connectivity index (χ1n) is 7.22. The van der Waals surface area contributed by atoms with Gasteiger partial charge in [-0.3, -0.25) is 9.69 Å². The van der Waals surface area contributed by atoms with Crippen LogP contribution in [0.15, 0.2) is 35.2 Å². The molecule has 0 spiro atoms. The first-order valence-corrected chi connectivity index (χ1v) is 8.10. The van der Waals surface area contributed by atoms with Gasteiger partial charge in [-0.1, -0.05) is 18.2 Å². The smallest absolute Gasteiger partial charge is 0.311 e. The molecule has 2 saturated heterocycles. The largest absolute Gasteiger partial charge is 0.469 e. The highest BCUT2D eigenvalue weighted by molar-refractivity contribution is 8.00. The second-order valence-corrected chi connectivity index (χ2v) is 7.03. The minimum Gasteiger partial charge on any atom is -0.469 e. The minimum absolute atomic E-state index is 0.00560. The summed E-state index contributed by atoms with van der Waals surface area (Å²) in [6, 6.07) is 11.4. The molecular formula is C16H21NO2S. The van der Waals surface area contributed by atoms with Crippen LogP contribution in [0.4, 0.5) is 0 Å². The van der Waals surface area contributed by atoms with Crippen molar-refractivity contribution in [3.05, 3.63) is 30.3 Å². The second-order valence-electron chi connectivity index (χ2n) is 5.72. The zero-order valence-corrected chi connectivity index (χ0v) is 12.8. The summed E-state index contributed by atoms with van der Waals surface area (Å²) in [5.74, 6) is -0.0513. The van der Waals surface area contributed by atoms with E-state index >= 15 is 0 Å². The minimum atomic E-state index is -0.0457. The molecule has 108 valence electrons. The summed E-state index contributed by atoms with van der Waals surface area (Å²) in [4.78, 5) is 15.9. The fraction of sp³-hybridized carbons (Fsp3) is 0.562. The molecule has 0 amide bonds. The van der Waals surface area contributed by atoms with Crippen molar-refractivity contribution >= 4 is 17.7 Å². The molecule has 2 aliphatic rings. The summed E-state index contributed by atoms with van der Waals surface area (Å²) in [7, 11) is 3.66. The maximum Gasteiger partial charge on any atom is 0.311 e. The average Bonchev–Trinajstić information content (AvgIpc) is 2.72. The van der Waals surface area contributed by atoms with E-state index in [1.807, 2.05) is 17.8 Å². The van der Waals surface area contributed by atoms with Gasteiger partial charge in [0.1, 0.15) is 0 Å². The van der Waals surface area contributed by atoms with Crippen LogP contribution in [0.1, 0.15) is 19.3 Å². The fourth-order valence-electron chi connectivity index (χ4n) is 3.66. The lowest BCUT2D eigenvalue weighted by atomic mass is 9.90. The van der Waals surface area contributed by atoms with Crippen LogP contribution in [-0.4, -0.2) is 42.4 Å². The van der Waals surface area contributed by atoms with E-state index in [0.717, 1.165) is 12.8 Å². The number of fused-ring (bicyclic) bond motifs is 2. The van der Waals surface area contributed by atoms with Gasteiger partial charge in [0, 0.05) is 22.2 Å². The Bertz CT molecular complexity index is 479. The molecule has 0 radical (unpaired) electrons. The molecule has 2 unspecified atom stereocenters. The van der Waals surface area contributed by atoms with E-state index in [2.05, 4.69) is 36.2 Å². The Hall–Kier alpha value is -1.00. The number of ether oxygens (including phenoxy) is 1. The molecule has 3 nitrogen and oxygen atoms in total.